The fourth-order valence-electron chi connectivity index (χ4n) is 2.55. The summed E-state index contributed by atoms with van der Waals surface area (Å²) in [6.07, 6.45) is 1.62. The predicted molar refractivity (Wildman–Crippen MR) is 106 cm³/mol. The Morgan fingerprint density at radius 3 is 2.58 bits per heavy atom. The largest absolute Gasteiger partial charge is 0.325 e. The number of carbonyl (C=O) groups is 1. The van der Waals surface area contributed by atoms with Crippen molar-refractivity contribution in [3.63, 3.8) is 0 Å². The van der Waals surface area contributed by atoms with Crippen LogP contribution in [0.25, 0.3) is 5.69 Å². The second-order valence-electron chi connectivity index (χ2n) is 6.02. The van der Waals surface area contributed by atoms with Crippen molar-refractivity contribution in [1.29, 1.82) is 0 Å². The molecule has 1 N–H and O–H groups in total. The molecule has 3 aromatic rings. The van der Waals surface area contributed by atoms with Gasteiger partial charge < -0.3 is 5.32 Å². The molecular formula is C19H19ClN4OS. The van der Waals surface area contributed by atoms with Crippen LogP contribution in [0.4, 0.5) is 5.69 Å². The first-order valence-corrected chi connectivity index (χ1v) is 9.47. The summed E-state index contributed by atoms with van der Waals surface area (Å²) in [6.45, 7) is 5.91. The van der Waals surface area contributed by atoms with E-state index in [0.29, 0.717) is 10.2 Å². The Bertz CT molecular complexity index is 934. The van der Waals surface area contributed by atoms with Gasteiger partial charge >= 0.3 is 0 Å². The molecule has 7 heteroatoms. The smallest absolute Gasteiger partial charge is 0.234 e. The van der Waals surface area contributed by atoms with Crippen molar-refractivity contribution in [3.05, 3.63) is 64.4 Å². The number of rotatable bonds is 5. The number of carbonyl (C=O) groups excluding carboxylic acids is 1. The highest BCUT2D eigenvalue weighted by molar-refractivity contribution is 7.99. The Morgan fingerprint density at radius 2 is 1.88 bits per heavy atom. The van der Waals surface area contributed by atoms with Crippen LogP contribution in [0.3, 0.4) is 0 Å². The van der Waals surface area contributed by atoms with Gasteiger partial charge in [0.15, 0.2) is 5.16 Å². The molecule has 5 nitrogen and oxygen atoms in total. The lowest BCUT2D eigenvalue weighted by Crippen LogP contribution is -2.16. The van der Waals surface area contributed by atoms with E-state index in [-0.39, 0.29) is 11.7 Å². The van der Waals surface area contributed by atoms with E-state index in [0.717, 1.165) is 28.1 Å². The quantitative estimate of drug-likeness (QED) is 0.652. The fourth-order valence-corrected chi connectivity index (χ4v) is 3.45. The third-order valence-corrected chi connectivity index (χ3v) is 5.38. The zero-order chi connectivity index (χ0) is 18.7. The molecule has 0 unspecified atom stereocenters. The van der Waals surface area contributed by atoms with E-state index in [1.807, 2.05) is 61.7 Å². The molecule has 2 aromatic carbocycles. The molecule has 0 saturated heterocycles. The fraction of sp³-hybridized carbons (Fsp3) is 0.211. The Labute approximate surface area is 161 Å². The number of aromatic nitrogens is 3. The topological polar surface area (TPSA) is 59.8 Å². The van der Waals surface area contributed by atoms with Gasteiger partial charge in [-0.1, -0.05) is 47.6 Å². The monoisotopic (exact) mass is 386 g/mol. The highest BCUT2D eigenvalue weighted by Gasteiger charge is 2.12. The molecule has 0 aliphatic heterocycles. The SMILES string of the molecule is Cc1ccc(-n2cnnc2SCC(=O)Nc2c(C)cccc2C)cc1Cl. The number of hydrogen-bond acceptors (Lipinski definition) is 4. The lowest BCUT2D eigenvalue weighted by molar-refractivity contribution is -0.113. The predicted octanol–water partition coefficient (Wildman–Crippen LogP) is 4.58. The highest BCUT2D eigenvalue weighted by Crippen LogP contribution is 2.24. The summed E-state index contributed by atoms with van der Waals surface area (Å²) in [5.41, 5.74) is 4.82. The third kappa shape index (κ3) is 4.08. The van der Waals surface area contributed by atoms with E-state index in [4.69, 9.17) is 11.6 Å². The number of thioether (sulfide) groups is 1. The zero-order valence-electron chi connectivity index (χ0n) is 14.8. The van der Waals surface area contributed by atoms with Gasteiger partial charge in [0.25, 0.3) is 0 Å². The van der Waals surface area contributed by atoms with E-state index in [9.17, 15) is 4.79 Å². The van der Waals surface area contributed by atoms with Gasteiger partial charge in [-0.05, 0) is 49.6 Å². The van der Waals surface area contributed by atoms with Crippen LogP contribution in [0.1, 0.15) is 16.7 Å². The number of nitrogens with zero attached hydrogens (tertiary/aromatic N) is 3. The van der Waals surface area contributed by atoms with E-state index in [1.165, 1.54) is 11.8 Å². The average molecular weight is 387 g/mol. The summed E-state index contributed by atoms with van der Waals surface area (Å²) in [5, 5.41) is 12.4. The molecule has 1 heterocycles. The van der Waals surface area contributed by atoms with Gasteiger partial charge in [0.05, 0.1) is 11.4 Å². The average Bonchev–Trinajstić information content (AvgIpc) is 3.07. The first kappa shape index (κ1) is 18.5. The molecule has 0 saturated carbocycles. The van der Waals surface area contributed by atoms with E-state index in [2.05, 4.69) is 15.5 Å². The van der Waals surface area contributed by atoms with Crippen molar-refractivity contribution in [2.45, 2.75) is 25.9 Å². The van der Waals surface area contributed by atoms with Crippen LogP contribution in [0.2, 0.25) is 5.02 Å². The maximum Gasteiger partial charge on any atom is 0.234 e. The Morgan fingerprint density at radius 1 is 1.15 bits per heavy atom. The molecule has 0 fully saturated rings. The molecule has 0 radical (unpaired) electrons. The second-order valence-corrected chi connectivity index (χ2v) is 7.37. The molecule has 1 amide bonds. The Hall–Kier alpha value is -2.31. The van der Waals surface area contributed by atoms with Gasteiger partial charge in [-0.15, -0.1) is 10.2 Å². The molecule has 0 aliphatic carbocycles. The number of nitrogens with one attached hydrogen (secondary N) is 1. The summed E-state index contributed by atoms with van der Waals surface area (Å²) in [6, 6.07) is 11.7. The minimum atomic E-state index is -0.0797. The number of hydrogen-bond donors (Lipinski definition) is 1. The first-order valence-electron chi connectivity index (χ1n) is 8.11. The van der Waals surface area contributed by atoms with Gasteiger partial charge in [0, 0.05) is 10.7 Å². The van der Waals surface area contributed by atoms with Crippen molar-refractivity contribution in [1.82, 2.24) is 14.8 Å². The van der Waals surface area contributed by atoms with Gasteiger partial charge in [0.1, 0.15) is 6.33 Å². The molecule has 0 spiro atoms. The molecule has 134 valence electrons. The summed E-state index contributed by atoms with van der Waals surface area (Å²) in [4.78, 5) is 12.3. The van der Waals surface area contributed by atoms with Crippen LogP contribution in [0.15, 0.2) is 47.9 Å². The van der Waals surface area contributed by atoms with E-state index < -0.39 is 0 Å². The van der Waals surface area contributed by atoms with Crippen LogP contribution in [-0.2, 0) is 4.79 Å². The van der Waals surface area contributed by atoms with Crippen LogP contribution in [0, 0.1) is 20.8 Å². The molecule has 0 bridgehead atoms. The number of amides is 1. The molecular weight excluding hydrogens is 368 g/mol. The number of aryl methyl sites for hydroxylation is 3. The second kappa shape index (κ2) is 7.93. The van der Waals surface area contributed by atoms with Crippen molar-refractivity contribution in [2.75, 3.05) is 11.1 Å². The summed E-state index contributed by atoms with van der Waals surface area (Å²) < 4.78 is 1.82. The van der Waals surface area contributed by atoms with Crippen molar-refractivity contribution < 1.29 is 4.79 Å². The van der Waals surface area contributed by atoms with Crippen LogP contribution >= 0.6 is 23.4 Å². The van der Waals surface area contributed by atoms with Crippen LogP contribution in [0.5, 0.6) is 0 Å². The summed E-state index contributed by atoms with van der Waals surface area (Å²) >= 11 is 7.54. The molecule has 1 aromatic heterocycles. The minimum absolute atomic E-state index is 0.0797. The van der Waals surface area contributed by atoms with E-state index >= 15 is 0 Å². The van der Waals surface area contributed by atoms with Gasteiger partial charge in [-0.25, -0.2) is 0 Å². The van der Waals surface area contributed by atoms with Gasteiger partial charge in [-0.3, -0.25) is 9.36 Å². The number of halogens is 1. The van der Waals surface area contributed by atoms with Crippen molar-refractivity contribution in [3.8, 4) is 5.69 Å². The maximum absolute atomic E-state index is 12.3. The Kier molecular flexibility index (Phi) is 5.64. The third-order valence-electron chi connectivity index (χ3n) is 4.03. The Balaban J connectivity index is 1.70. The zero-order valence-corrected chi connectivity index (χ0v) is 16.4. The highest BCUT2D eigenvalue weighted by atomic mass is 35.5. The van der Waals surface area contributed by atoms with E-state index in [1.54, 1.807) is 6.33 Å². The standard InChI is InChI=1S/C19H19ClN4OS/c1-12-7-8-15(9-16(12)20)24-11-21-23-19(24)26-10-17(25)22-18-13(2)5-4-6-14(18)3/h4-9,11H,10H2,1-3H3,(H,22,25). The number of anilines is 1. The normalized spacial score (nSPS) is 10.8. The maximum atomic E-state index is 12.3. The molecule has 26 heavy (non-hydrogen) atoms. The molecule has 0 aliphatic rings. The summed E-state index contributed by atoms with van der Waals surface area (Å²) in [7, 11) is 0. The lowest BCUT2D eigenvalue weighted by atomic mass is 10.1. The van der Waals surface area contributed by atoms with Crippen molar-refractivity contribution in [2.24, 2.45) is 0 Å². The lowest BCUT2D eigenvalue weighted by Gasteiger charge is -2.11. The number of benzene rings is 2. The van der Waals surface area contributed by atoms with Crippen molar-refractivity contribution >= 4 is 35.0 Å². The summed E-state index contributed by atoms with van der Waals surface area (Å²) in [5.74, 6) is 0.162. The van der Waals surface area contributed by atoms with Crippen LogP contribution in [-0.4, -0.2) is 26.4 Å². The number of para-hydroxylation sites is 1. The van der Waals surface area contributed by atoms with Gasteiger partial charge in [-0.2, -0.15) is 0 Å². The molecule has 0 atom stereocenters. The minimum Gasteiger partial charge on any atom is -0.325 e. The van der Waals surface area contributed by atoms with Gasteiger partial charge in [0.2, 0.25) is 5.91 Å². The first-order chi connectivity index (χ1) is 12.5. The van der Waals surface area contributed by atoms with Crippen LogP contribution < -0.4 is 5.32 Å². The molecule has 3 rings (SSSR count).